The van der Waals surface area contributed by atoms with Crippen LogP contribution < -0.4 is 0 Å². The molecular weight excluding hydrogens is 62.1 g/mol. The van der Waals surface area contributed by atoms with Gasteiger partial charge in [0.2, 0.25) is 0 Å². The lowest BCUT2D eigenvalue weighted by Gasteiger charge is -1.58. The first-order valence-corrected chi connectivity index (χ1v) is 1.49. The lowest BCUT2D eigenvalue weighted by Crippen LogP contribution is -1.36. The summed E-state index contributed by atoms with van der Waals surface area (Å²) in [6, 6.07) is 0. The zero-order valence-electron chi connectivity index (χ0n) is 3.31. The monoisotopic (exact) mass is 69.1 g/mol. The third kappa shape index (κ3) is 3.41. The number of hydrogen-bond donors (Lipinski definition) is 0. The summed E-state index contributed by atoms with van der Waals surface area (Å²) >= 11 is 0. The van der Waals surface area contributed by atoms with Crippen molar-refractivity contribution < 1.29 is 0 Å². The van der Waals surface area contributed by atoms with Gasteiger partial charge in [0.15, 0.2) is 0 Å². The van der Waals surface area contributed by atoms with Gasteiger partial charge in [-0.05, 0) is 13.6 Å². The quantitative estimate of drug-likeness (QED) is 0.410. The van der Waals surface area contributed by atoms with Crippen LogP contribution in [0, 0.1) is 0 Å². The van der Waals surface area contributed by atoms with E-state index in [1.165, 1.54) is 0 Å². The molecule has 0 amide bonds. The van der Waals surface area contributed by atoms with Crippen molar-refractivity contribution in [2.24, 2.45) is 4.99 Å². The van der Waals surface area contributed by atoms with Crippen LogP contribution in [-0.4, -0.2) is 6.72 Å². The van der Waals surface area contributed by atoms with Gasteiger partial charge in [0.05, 0.1) is 0 Å². The van der Waals surface area contributed by atoms with Crippen LogP contribution in [0.2, 0.25) is 0 Å². The third-order valence-electron chi connectivity index (χ3n) is 0.254. The fraction of sp³-hybridized carbons (Fsp3) is 0.250. The lowest BCUT2D eigenvalue weighted by atomic mass is 10.7. The van der Waals surface area contributed by atoms with Crippen molar-refractivity contribution in [1.29, 1.82) is 0 Å². The van der Waals surface area contributed by atoms with E-state index < -0.39 is 0 Å². The van der Waals surface area contributed by atoms with Gasteiger partial charge in [0, 0.05) is 6.20 Å². The first-order chi connectivity index (χ1) is 2.41. The van der Waals surface area contributed by atoms with Crippen LogP contribution in [0.1, 0.15) is 6.92 Å². The van der Waals surface area contributed by atoms with Crippen molar-refractivity contribution in [3.63, 3.8) is 0 Å². The number of nitrogens with zero attached hydrogens (tertiary/aromatic N) is 1. The normalized spacial score (nSPS) is 9.00. The summed E-state index contributed by atoms with van der Waals surface area (Å²) < 4.78 is 0. The molecule has 28 valence electrons. The van der Waals surface area contributed by atoms with Crippen molar-refractivity contribution in [3.05, 3.63) is 12.3 Å². The summed E-state index contributed by atoms with van der Waals surface area (Å²) in [5, 5.41) is 0. The van der Waals surface area contributed by atoms with Gasteiger partial charge in [-0.3, -0.25) is 4.99 Å². The molecule has 0 unspecified atom stereocenters. The maximum Gasteiger partial charge on any atom is 0.0217 e. The summed E-state index contributed by atoms with van der Waals surface area (Å²) in [5.74, 6) is 0. The Hall–Kier alpha value is -0.590. The second-order valence-corrected chi connectivity index (χ2v) is 0.665. The molecule has 5 heavy (non-hydrogen) atoms. The van der Waals surface area contributed by atoms with Crippen LogP contribution in [-0.2, 0) is 0 Å². The molecule has 0 aromatic carbocycles. The van der Waals surface area contributed by atoms with E-state index in [-0.39, 0.29) is 0 Å². The Morgan fingerprint density at radius 2 is 2.40 bits per heavy atom. The van der Waals surface area contributed by atoms with Gasteiger partial charge < -0.3 is 0 Å². The van der Waals surface area contributed by atoms with Crippen molar-refractivity contribution in [1.82, 2.24) is 0 Å². The van der Waals surface area contributed by atoms with Crippen molar-refractivity contribution in [3.8, 4) is 0 Å². The molecule has 0 fully saturated rings. The zero-order valence-corrected chi connectivity index (χ0v) is 3.31. The molecule has 0 spiro atoms. The molecule has 0 radical (unpaired) electrons. The largest absolute Gasteiger partial charge is 0.273 e. The van der Waals surface area contributed by atoms with E-state index in [4.69, 9.17) is 0 Å². The molecule has 1 nitrogen and oxygen atoms in total. The predicted octanol–water partition coefficient (Wildman–Crippen LogP) is 1.22. The van der Waals surface area contributed by atoms with Crippen LogP contribution in [0.5, 0.6) is 0 Å². The van der Waals surface area contributed by atoms with Gasteiger partial charge in [-0.1, -0.05) is 6.08 Å². The molecule has 0 bridgehead atoms. The van der Waals surface area contributed by atoms with E-state index in [0.29, 0.717) is 0 Å². The van der Waals surface area contributed by atoms with Crippen LogP contribution in [0.15, 0.2) is 17.3 Å². The average Bonchev–Trinajstić information content (AvgIpc) is 1.41. The van der Waals surface area contributed by atoms with Crippen LogP contribution in [0.4, 0.5) is 0 Å². The standard InChI is InChI=1S/C4H7N/c1-3-4-5-2/h3-4H,2H2,1H3/b4-3+. The SMILES string of the molecule is C=N/C=C/C. The Kier molecular flexibility index (Phi) is 3.01. The molecule has 0 aliphatic carbocycles. The Bertz CT molecular complexity index is 45.6. The van der Waals surface area contributed by atoms with Gasteiger partial charge in [-0.2, -0.15) is 0 Å². The van der Waals surface area contributed by atoms with Gasteiger partial charge >= 0.3 is 0 Å². The summed E-state index contributed by atoms with van der Waals surface area (Å²) in [7, 11) is 0. The van der Waals surface area contributed by atoms with Crippen LogP contribution in [0.3, 0.4) is 0 Å². The first kappa shape index (κ1) is 4.41. The smallest absolute Gasteiger partial charge is 0.0217 e. The molecule has 0 aromatic heterocycles. The Labute approximate surface area is 32.0 Å². The van der Waals surface area contributed by atoms with E-state index in [1.807, 2.05) is 13.0 Å². The van der Waals surface area contributed by atoms with Gasteiger partial charge in [0.25, 0.3) is 0 Å². The van der Waals surface area contributed by atoms with E-state index in [0.717, 1.165) is 0 Å². The van der Waals surface area contributed by atoms with Crippen LogP contribution in [0.25, 0.3) is 0 Å². The van der Waals surface area contributed by atoms with Gasteiger partial charge in [-0.15, -0.1) is 0 Å². The zero-order chi connectivity index (χ0) is 4.12. The van der Waals surface area contributed by atoms with E-state index in [9.17, 15) is 0 Å². The van der Waals surface area contributed by atoms with Gasteiger partial charge in [-0.25, -0.2) is 0 Å². The molecule has 1 heteroatoms. The molecule has 0 aliphatic rings. The molecule has 0 aromatic rings. The van der Waals surface area contributed by atoms with Crippen molar-refractivity contribution >= 4 is 6.72 Å². The topological polar surface area (TPSA) is 12.4 Å². The van der Waals surface area contributed by atoms with E-state index >= 15 is 0 Å². The number of aliphatic imine (C=N–C) groups is 1. The third-order valence-corrected chi connectivity index (χ3v) is 0.254. The highest BCUT2D eigenvalue weighted by molar-refractivity contribution is 5.25. The van der Waals surface area contributed by atoms with Crippen LogP contribution >= 0.6 is 0 Å². The maximum atomic E-state index is 3.42. The highest BCUT2D eigenvalue weighted by atomic mass is 14.6. The number of allylic oxidation sites excluding steroid dienone is 1. The summed E-state index contributed by atoms with van der Waals surface area (Å²) in [6.45, 7) is 5.11. The second kappa shape index (κ2) is 3.41. The maximum absolute atomic E-state index is 3.42. The Balaban J connectivity index is 2.92. The highest BCUT2D eigenvalue weighted by Gasteiger charge is 1.41. The minimum atomic E-state index is 1.64. The van der Waals surface area contributed by atoms with E-state index in [1.54, 1.807) is 6.20 Å². The summed E-state index contributed by atoms with van der Waals surface area (Å²) in [5.41, 5.74) is 0. The van der Waals surface area contributed by atoms with Gasteiger partial charge in [0.1, 0.15) is 0 Å². The van der Waals surface area contributed by atoms with Crippen molar-refractivity contribution in [2.45, 2.75) is 6.92 Å². The minimum Gasteiger partial charge on any atom is -0.273 e. The molecule has 0 heterocycles. The fourth-order valence-electron chi connectivity index (χ4n) is 0.105. The number of rotatable bonds is 1. The molecule has 0 atom stereocenters. The summed E-state index contributed by atoms with van der Waals surface area (Å²) in [6.07, 6.45) is 3.47. The average molecular weight is 69.1 g/mol. The molecule has 0 N–H and O–H groups in total. The molecular formula is C4H7N. The Morgan fingerprint density at radius 3 is 2.40 bits per heavy atom. The lowest BCUT2D eigenvalue weighted by molar-refractivity contribution is 1.56. The van der Waals surface area contributed by atoms with Crippen molar-refractivity contribution in [2.75, 3.05) is 0 Å². The minimum absolute atomic E-state index is 1.64. The molecule has 0 saturated heterocycles. The predicted molar refractivity (Wildman–Crippen MR) is 24.4 cm³/mol. The highest BCUT2D eigenvalue weighted by Crippen LogP contribution is 1.63. The second-order valence-electron chi connectivity index (χ2n) is 0.665. The molecule has 0 aliphatic heterocycles. The Morgan fingerprint density at radius 1 is 1.80 bits per heavy atom. The first-order valence-electron chi connectivity index (χ1n) is 1.49. The molecule has 0 saturated carbocycles. The fourth-order valence-corrected chi connectivity index (χ4v) is 0.105. The number of hydrogen-bond acceptors (Lipinski definition) is 1. The summed E-state index contributed by atoms with van der Waals surface area (Å²) in [4.78, 5) is 3.42. The molecule has 0 rings (SSSR count). The van der Waals surface area contributed by atoms with E-state index in [2.05, 4.69) is 11.7 Å².